The van der Waals surface area contributed by atoms with Gasteiger partial charge in [-0.05, 0) is 26.4 Å². The number of carbonyl (C=O) groups excluding carboxylic acids is 1. The summed E-state index contributed by atoms with van der Waals surface area (Å²) in [7, 11) is 3.88. The lowest BCUT2D eigenvalue weighted by Gasteiger charge is -2.29. The molecule has 16 heavy (non-hydrogen) atoms. The Labute approximate surface area is 97.2 Å². The Morgan fingerprint density at radius 2 is 2.31 bits per heavy atom. The van der Waals surface area contributed by atoms with Crippen LogP contribution in [0.4, 0.5) is 4.79 Å². The Hall–Kier alpha value is -0.810. The lowest BCUT2D eigenvalue weighted by atomic mass is 10.2. The molecule has 2 aliphatic rings. The topological polar surface area (TPSA) is 47.6 Å². The molecule has 0 aliphatic carbocycles. The van der Waals surface area contributed by atoms with E-state index in [1.807, 2.05) is 23.9 Å². The molecule has 2 heterocycles. The summed E-state index contributed by atoms with van der Waals surface area (Å²) in [5.74, 6) is 0. The number of rotatable bonds is 2. The summed E-state index contributed by atoms with van der Waals surface area (Å²) in [6.45, 7) is 3.70. The van der Waals surface area contributed by atoms with Gasteiger partial charge in [-0.3, -0.25) is 0 Å². The molecule has 5 heteroatoms. The third kappa shape index (κ3) is 2.30. The summed E-state index contributed by atoms with van der Waals surface area (Å²) in [6.07, 6.45) is 2.14. The molecule has 2 N–H and O–H groups in total. The van der Waals surface area contributed by atoms with E-state index in [9.17, 15) is 4.79 Å². The van der Waals surface area contributed by atoms with Gasteiger partial charge in [0.2, 0.25) is 0 Å². The average Bonchev–Trinajstić information content (AvgIpc) is 2.97. The highest BCUT2D eigenvalue weighted by atomic mass is 16.2. The Morgan fingerprint density at radius 3 is 2.88 bits per heavy atom. The first kappa shape index (κ1) is 11.7. The van der Waals surface area contributed by atoms with Crippen molar-refractivity contribution in [2.24, 2.45) is 0 Å². The fourth-order valence-corrected chi connectivity index (χ4v) is 2.52. The minimum absolute atomic E-state index is 0.187. The molecule has 92 valence electrons. The monoisotopic (exact) mass is 226 g/mol. The summed E-state index contributed by atoms with van der Waals surface area (Å²) in [5, 5.41) is 6.53. The molecule has 0 saturated carbocycles. The zero-order valence-corrected chi connectivity index (χ0v) is 10.2. The zero-order chi connectivity index (χ0) is 11.5. The second-order valence-electron chi connectivity index (χ2n) is 4.76. The number of hydrogen-bond acceptors (Lipinski definition) is 3. The van der Waals surface area contributed by atoms with Gasteiger partial charge in [0, 0.05) is 38.8 Å². The Morgan fingerprint density at radius 1 is 1.50 bits per heavy atom. The largest absolute Gasteiger partial charge is 0.323 e. The van der Waals surface area contributed by atoms with Crippen molar-refractivity contribution >= 4 is 6.03 Å². The summed E-state index contributed by atoms with van der Waals surface area (Å²) in [4.78, 5) is 16.0. The molecule has 0 unspecified atom stereocenters. The fraction of sp³-hybridized carbons (Fsp3) is 0.909. The molecular formula is C11H22N4O. The van der Waals surface area contributed by atoms with E-state index in [0.717, 1.165) is 39.0 Å². The van der Waals surface area contributed by atoms with Crippen molar-refractivity contribution in [2.75, 3.05) is 40.3 Å². The maximum Gasteiger partial charge on any atom is 0.320 e. The van der Waals surface area contributed by atoms with Gasteiger partial charge in [0.05, 0.1) is 0 Å². The lowest BCUT2D eigenvalue weighted by Crippen LogP contribution is -2.46. The van der Waals surface area contributed by atoms with E-state index in [1.165, 1.54) is 0 Å². The molecule has 2 fully saturated rings. The van der Waals surface area contributed by atoms with Crippen LogP contribution in [0.15, 0.2) is 0 Å². The quantitative estimate of drug-likeness (QED) is 0.679. The van der Waals surface area contributed by atoms with Gasteiger partial charge in [-0.25, -0.2) is 4.79 Å². The first-order chi connectivity index (χ1) is 7.72. The van der Waals surface area contributed by atoms with E-state index in [-0.39, 0.29) is 6.03 Å². The first-order valence-corrected chi connectivity index (χ1v) is 6.12. The highest BCUT2D eigenvalue weighted by Crippen LogP contribution is 2.14. The maximum atomic E-state index is 12.2. The van der Waals surface area contributed by atoms with Gasteiger partial charge in [0.25, 0.3) is 0 Å². The van der Waals surface area contributed by atoms with Crippen LogP contribution in [0, 0.1) is 0 Å². The van der Waals surface area contributed by atoms with Gasteiger partial charge in [-0.15, -0.1) is 0 Å². The minimum atomic E-state index is 0.187. The van der Waals surface area contributed by atoms with Crippen LogP contribution in [0.2, 0.25) is 0 Å². The normalized spacial score (nSPS) is 29.8. The summed E-state index contributed by atoms with van der Waals surface area (Å²) in [6, 6.07) is 1.03. The fourth-order valence-electron chi connectivity index (χ4n) is 2.52. The number of hydrogen-bond donors (Lipinski definition) is 2. The van der Waals surface area contributed by atoms with E-state index in [2.05, 4.69) is 10.6 Å². The third-order valence-electron chi connectivity index (χ3n) is 3.75. The number of likely N-dealkylation sites (tertiary alicyclic amines) is 1. The lowest BCUT2D eigenvalue weighted by molar-refractivity contribution is 0.158. The van der Waals surface area contributed by atoms with Crippen molar-refractivity contribution in [1.29, 1.82) is 0 Å². The molecular weight excluding hydrogens is 204 g/mol. The Balaban J connectivity index is 1.87. The van der Waals surface area contributed by atoms with Crippen LogP contribution in [0.3, 0.4) is 0 Å². The van der Waals surface area contributed by atoms with Crippen LogP contribution in [0.5, 0.6) is 0 Å². The second-order valence-corrected chi connectivity index (χ2v) is 4.76. The van der Waals surface area contributed by atoms with Gasteiger partial charge in [-0.2, -0.15) is 0 Å². The molecule has 2 aliphatic heterocycles. The smallest absolute Gasteiger partial charge is 0.320 e. The highest BCUT2D eigenvalue weighted by molar-refractivity contribution is 5.75. The average molecular weight is 226 g/mol. The standard InChI is InChI=1S/C11H22N4O/c1-12-9-4-6-15(8-9)11(16)14(2)10-3-5-13-7-10/h9-10,12-13H,3-8H2,1-2H3/t9-,10+/m0/s1. The number of nitrogens with zero attached hydrogens (tertiary/aromatic N) is 2. The van der Waals surface area contributed by atoms with E-state index in [0.29, 0.717) is 12.1 Å². The highest BCUT2D eigenvalue weighted by Gasteiger charge is 2.30. The predicted molar refractivity (Wildman–Crippen MR) is 63.5 cm³/mol. The van der Waals surface area contributed by atoms with E-state index >= 15 is 0 Å². The van der Waals surface area contributed by atoms with Crippen molar-refractivity contribution in [3.05, 3.63) is 0 Å². The van der Waals surface area contributed by atoms with E-state index in [4.69, 9.17) is 0 Å². The SMILES string of the molecule is CN[C@H]1CCN(C(=O)N(C)[C@@H]2CCNC2)C1. The molecule has 0 aromatic carbocycles. The number of likely N-dealkylation sites (N-methyl/N-ethyl adjacent to an activating group) is 2. The van der Waals surface area contributed by atoms with Gasteiger partial charge in [-0.1, -0.05) is 0 Å². The van der Waals surface area contributed by atoms with Crippen LogP contribution in [-0.2, 0) is 0 Å². The predicted octanol–water partition coefficient (Wildman–Crippen LogP) is -0.306. The van der Waals surface area contributed by atoms with Crippen molar-refractivity contribution < 1.29 is 4.79 Å². The summed E-state index contributed by atoms with van der Waals surface area (Å²) >= 11 is 0. The molecule has 5 nitrogen and oxygen atoms in total. The maximum absolute atomic E-state index is 12.2. The van der Waals surface area contributed by atoms with Gasteiger partial charge >= 0.3 is 6.03 Å². The molecule has 2 rings (SSSR count). The number of nitrogens with one attached hydrogen (secondary N) is 2. The van der Waals surface area contributed by atoms with Crippen molar-refractivity contribution in [1.82, 2.24) is 20.4 Å². The summed E-state index contributed by atoms with van der Waals surface area (Å²) in [5.41, 5.74) is 0. The van der Waals surface area contributed by atoms with Crippen molar-refractivity contribution in [3.63, 3.8) is 0 Å². The van der Waals surface area contributed by atoms with Crippen molar-refractivity contribution in [3.8, 4) is 0 Å². The number of urea groups is 1. The van der Waals surface area contributed by atoms with Crippen LogP contribution in [0.25, 0.3) is 0 Å². The second kappa shape index (κ2) is 5.01. The number of carbonyl (C=O) groups is 1. The Bertz CT molecular complexity index is 252. The molecule has 2 atom stereocenters. The van der Waals surface area contributed by atoms with Crippen LogP contribution < -0.4 is 10.6 Å². The van der Waals surface area contributed by atoms with Crippen LogP contribution >= 0.6 is 0 Å². The van der Waals surface area contributed by atoms with Crippen LogP contribution in [-0.4, -0.2) is 68.2 Å². The molecule has 0 aromatic rings. The number of amides is 2. The minimum Gasteiger partial charge on any atom is -0.323 e. The van der Waals surface area contributed by atoms with Gasteiger partial charge in [0.15, 0.2) is 0 Å². The van der Waals surface area contributed by atoms with Crippen LogP contribution in [0.1, 0.15) is 12.8 Å². The molecule has 2 amide bonds. The summed E-state index contributed by atoms with van der Waals surface area (Å²) < 4.78 is 0. The first-order valence-electron chi connectivity index (χ1n) is 6.12. The molecule has 0 bridgehead atoms. The zero-order valence-electron chi connectivity index (χ0n) is 10.2. The van der Waals surface area contributed by atoms with E-state index in [1.54, 1.807) is 0 Å². The molecule has 0 radical (unpaired) electrons. The molecule has 2 saturated heterocycles. The molecule has 0 aromatic heterocycles. The third-order valence-corrected chi connectivity index (χ3v) is 3.75. The van der Waals surface area contributed by atoms with Crippen molar-refractivity contribution in [2.45, 2.75) is 24.9 Å². The Kier molecular flexibility index (Phi) is 3.66. The van der Waals surface area contributed by atoms with E-state index < -0.39 is 0 Å². The molecule has 0 spiro atoms. The van der Waals surface area contributed by atoms with Gasteiger partial charge in [0.1, 0.15) is 0 Å². The van der Waals surface area contributed by atoms with Gasteiger partial charge < -0.3 is 20.4 Å².